The highest BCUT2D eigenvalue weighted by Crippen LogP contribution is 2.36. The van der Waals surface area contributed by atoms with Crippen molar-refractivity contribution >= 4 is 29.0 Å². The molecule has 1 heterocycles. The van der Waals surface area contributed by atoms with Crippen LogP contribution in [0.4, 0.5) is 4.79 Å². The van der Waals surface area contributed by atoms with E-state index in [0.717, 1.165) is 40.6 Å². The molecule has 2 amide bonds. The van der Waals surface area contributed by atoms with Gasteiger partial charge in [-0.15, -0.1) is 0 Å². The summed E-state index contributed by atoms with van der Waals surface area (Å²) < 4.78 is 5.46. The van der Waals surface area contributed by atoms with Crippen LogP contribution in [0.3, 0.4) is 0 Å². The van der Waals surface area contributed by atoms with Gasteiger partial charge < -0.3 is 4.74 Å². The molecule has 130 valence electrons. The zero-order valence-electron chi connectivity index (χ0n) is 15.2. The molecule has 0 radical (unpaired) electrons. The molecule has 1 fully saturated rings. The lowest BCUT2D eigenvalue weighted by Crippen LogP contribution is -2.36. The molecule has 1 aliphatic rings. The molecule has 1 aromatic carbocycles. The number of methoxy groups -OCH3 is 1. The number of hydrogen-bond donors (Lipinski definition) is 0. The van der Waals surface area contributed by atoms with E-state index < -0.39 is 0 Å². The van der Waals surface area contributed by atoms with Crippen molar-refractivity contribution in [3.8, 4) is 5.75 Å². The second-order valence-electron chi connectivity index (χ2n) is 6.41. The van der Waals surface area contributed by atoms with Crippen LogP contribution in [0.5, 0.6) is 5.75 Å². The van der Waals surface area contributed by atoms with Gasteiger partial charge in [0.15, 0.2) is 0 Å². The summed E-state index contributed by atoms with van der Waals surface area (Å²) in [7, 11) is 1.66. The van der Waals surface area contributed by atoms with E-state index in [9.17, 15) is 9.59 Å². The quantitative estimate of drug-likeness (QED) is 0.706. The molecule has 0 spiro atoms. The Labute approximate surface area is 148 Å². The molecule has 1 saturated heterocycles. The van der Waals surface area contributed by atoms with Crippen LogP contribution in [0, 0.1) is 6.92 Å². The van der Waals surface area contributed by atoms with Crippen LogP contribution in [0.2, 0.25) is 0 Å². The van der Waals surface area contributed by atoms with E-state index in [4.69, 9.17) is 4.74 Å². The molecule has 24 heavy (non-hydrogen) atoms. The molecule has 0 N–H and O–H groups in total. The van der Waals surface area contributed by atoms with Gasteiger partial charge in [-0.25, -0.2) is 0 Å². The number of aryl methyl sites for hydroxylation is 1. The molecule has 1 aromatic rings. The van der Waals surface area contributed by atoms with Crippen molar-refractivity contribution in [1.82, 2.24) is 4.90 Å². The van der Waals surface area contributed by atoms with Crippen LogP contribution in [0.15, 0.2) is 17.0 Å². The molecular formula is C19H25NO3S. The van der Waals surface area contributed by atoms with E-state index in [2.05, 4.69) is 19.9 Å². The van der Waals surface area contributed by atoms with Crippen LogP contribution >= 0.6 is 11.8 Å². The molecule has 2 rings (SSSR count). The molecule has 4 nitrogen and oxygen atoms in total. The van der Waals surface area contributed by atoms with Gasteiger partial charge >= 0.3 is 0 Å². The molecule has 0 unspecified atom stereocenters. The van der Waals surface area contributed by atoms with Crippen LogP contribution in [0.1, 0.15) is 56.7 Å². The fourth-order valence-corrected chi connectivity index (χ4v) is 3.60. The number of carbonyl (C=O) groups is 2. The summed E-state index contributed by atoms with van der Waals surface area (Å²) in [5, 5.41) is -0.184. The van der Waals surface area contributed by atoms with E-state index in [-0.39, 0.29) is 17.2 Å². The first-order valence-corrected chi connectivity index (χ1v) is 9.07. The van der Waals surface area contributed by atoms with Gasteiger partial charge in [0.2, 0.25) is 0 Å². The van der Waals surface area contributed by atoms with Crippen LogP contribution in [-0.2, 0) is 4.79 Å². The van der Waals surface area contributed by atoms with Gasteiger partial charge in [0.05, 0.1) is 12.0 Å². The van der Waals surface area contributed by atoms with Crippen molar-refractivity contribution in [3.63, 3.8) is 0 Å². The monoisotopic (exact) mass is 347 g/mol. The highest BCUT2D eigenvalue weighted by atomic mass is 32.2. The number of carbonyl (C=O) groups excluding carboxylic acids is 2. The lowest BCUT2D eigenvalue weighted by Gasteiger charge is -2.19. The Bertz CT molecular complexity index is 694. The van der Waals surface area contributed by atoms with E-state index in [0.29, 0.717) is 10.8 Å². The molecule has 1 aliphatic heterocycles. The topological polar surface area (TPSA) is 46.6 Å². The number of nitrogens with zero attached hydrogens (tertiary/aromatic N) is 1. The van der Waals surface area contributed by atoms with E-state index in [1.165, 1.54) is 4.90 Å². The summed E-state index contributed by atoms with van der Waals surface area (Å²) in [5.41, 5.74) is 3.07. The Balaban J connectivity index is 2.43. The van der Waals surface area contributed by atoms with Gasteiger partial charge in [-0.2, -0.15) is 0 Å². The number of amides is 2. The van der Waals surface area contributed by atoms with Gasteiger partial charge in [-0.1, -0.05) is 20.8 Å². The minimum Gasteiger partial charge on any atom is -0.496 e. The number of benzene rings is 1. The maximum Gasteiger partial charge on any atom is 0.293 e. The molecule has 0 bridgehead atoms. The summed E-state index contributed by atoms with van der Waals surface area (Å²) in [6.45, 7) is 10.1. The van der Waals surface area contributed by atoms with Crippen LogP contribution in [0.25, 0.3) is 6.08 Å². The summed E-state index contributed by atoms with van der Waals surface area (Å²) in [4.78, 5) is 26.6. The van der Waals surface area contributed by atoms with Gasteiger partial charge in [0, 0.05) is 6.04 Å². The fraction of sp³-hybridized carbons (Fsp3) is 0.474. The third-order valence-electron chi connectivity index (χ3n) is 4.38. The van der Waals surface area contributed by atoms with Crippen LogP contribution in [-0.4, -0.2) is 29.2 Å². The van der Waals surface area contributed by atoms with Crippen molar-refractivity contribution in [2.45, 2.75) is 53.0 Å². The maximum atomic E-state index is 12.6. The first-order valence-electron chi connectivity index (χ1n) is 8.25. The van der Waals surface area contributed by atoms with Crippen molar-refractivity contribution in [2.24, 2.45) is 0 Å². The van der Waals surface area contributed by atoms with E-state index >= 15 is 0 Å². The van der Waals surface area contributed by atoms with Gasteiger partial charge in [-0.3, -0.25) is 14.5 Å². The second kappa shape index (κ2) is 7.43. The predicted octanol–water partition coefficient (Wildman–Crippen LogP) is 4.96. The third-order valence-corrected chi connectivity index (χ3v) is 5.27. The SMILES string of the molecule is CC[C@@H](C)N1C(=O)S/C(=C/c2cc(C(C)C)c(OC)cc2C)C1=O. The number of ether oxygens (including phenoxy) is 1. The second-order valence-corrected chi connectivity index (χ2v) is 7.41. The first kappa shape index (κ1) is 18.6. The number of thioether (sulfide) groups is 1. The third kappa shape index (κ3) is 3.51. The number of imide groups is 1. The highest BCUT2D eigenvalue weighted by molar-refractivity contribution is 8.18. The summed E-state index contributed by atoms with van der Waals surface area (Å²) >= 11 is 1.02. The van der Waals surface area contributed by atoms with Gasteiger partial charge in [0.1, 0.15) is 5.75 Å². The predicted molar refractivity (Wildman–Crippen MR) is 99.4 cm³/mol. The molecule has 0 aromatic heterocycles. The fourth-order valence-electron chi connectivity index (χ4n) is 2.68. The summed E-state index contributed by atoms with van der Waals surface area (Å²) in [6, 6.07) is 3.96. The van der Waals surface area contributed by atoms with Gasteiger partial charge in [-0.05, 0) is 72.8 Å². The standard InChI is InChI=1S/C19H25NO3S/c1-7-13(5)20-18(21)17(24-19(20)22)10-14-9-15(11(2)3)16(23-6)8-12(14)4/h8-11,13H,7H2,1-6H3/b17-10+/t13-/m1/s1. The van der Waals surface area contributed by atoms with Crippen molar-refractivity contribution < 1.29 is 14.3 Å². The molecule has 5 heteroatoms. The summed E-state index contributed by atoms with van der Waals surface area (Å²) in [5.74, 6) is 0.968. The minimum atomic E-state index is -0.194. The van der Waals surface area contributed by atoms with Crippen molar-refractivity contribution in [2.75, 3.05) is 7.11 Å². The Kier molecular flexibility index (Phi) is 5.75. The Morgan fingerprint density at radius 3 is 2.46 bits per heavy atom. The van der Waals surface area contributed by atoms with Crippen LogP contribution < -0.4 is 4.74 Å². The lowest BCUT2D eigenvalue weighted by molar-refractivity contribution is -0.124. The van der Waals surface area contributed by atoms with Gasteiger partial charge in [0.25, 0.3) is 11.1 Å². The zero-order chi connectivity index (χ0) is 18.0. The normalized spacial score (nSPS) is 18.0. The molecular weight excluding hydrogens is 322 g/mol. The average molecular weight is 347 g/mol. The Morgan fingerprint density at radius 2 is 1.92 bits per heavy atom. The Hall–Kier alpha value is -1.75. The molecule has 1 atom stereocenters. The Morgan fingerprint density at radius 1 is 1.25 bits per heavy atom. The van der Waals surface area contributed by atoms with E-state index in [1.807, 2.05) is 32.9 Å². The zero-order valence-corrected chi connectivity index (χ0v) is 16.0. The lowest BCUT2D eigenvalue weighted by atomic mass is 9.96. The first-order chi connectivity index (χ1) is 11.3. The average Bonchev–Trinajstić information content (AvgIpc) is 2.81. The summed E-state index contributed by atoms with van der Waals surface area (Å²) in [6.07, 6.45) is 2.58. The minimum absolute atomic E-state index is 0.0772. The maximum absolute atomic E-state index is 12.6. The number of rotatable bonds is 5. The smallest absolute Gasteiger partial charge is 0.293 e. The molecule has 0 saturated carbocycles. The number of hydrogen-bond acceptors (Lipinski definition) is 4. The van der Waals surface area contributed by atoms with E-state index in [1.54, 1.807) is 7.11 Å². The molecule has 0 aliphatic carbocycles. The highest BCUT2D eigenvalue weighted by Gasteiger charge is 2.37. The largest absolute Gasteiger partial charge is 0.496 e. The van der Waals surface area contributed by atoms with Crippen molar-refractivity contribution in [1.29, 1.82) is 0 Å². The van der Waals surface area contributed by atoms with Crippen molar-refractivity contribution in [3.05, 3.63) is 33.7 Å².